The Kier molecular flexibility index (Phi) is 6.39. The van der Waals surface area contributed by atoms with Gasteiger partial charge in [-0.15, -0.1) is 0 Å². The first-order chi connectivity index (χ1) is 12.3. The van der Waals surface area contributed by atoms with E-state index in [-0.39, 0.29) is 17.2 Å². The van der Waals surface area contributed by atoms with Crippen molar-refractivity contribution in [3.05, 3.63) is 54.1 Å². The highest BCUT2D eigenvalue weighted by atomic mass is 16.2. The molecule has 2 amide bonds. The zero-order valence-corrected chi connectivity index (χ0v) is 15.8. The third-order valence-electron chi connectivity index (χ3n) is 3.89. The van der Waals surface area contributed by atoms with Gasteiger partial charge in [0.15, 0.2) is 0 Å². The Morgan fingerprint density at radius 3 is 2.04 bits per heavy atom. The fourth-order valence-electron chi connectivity index (χ4n) is 2.67. The molecule has 0 unspecified atom stereocenters. The molecular formula is C21H27N3O2. The molecule has 0 aliphatic heterocycles. The van der Waals surface area contributed by atoms with E-state index >= 15 is 0 Å². The fourth-order valence-corrected chi connectivity index (χ4v) is 2.67. The molecule has 0 heterocycles. The highest BCUT2D eigenvalue weighted by Gasteiger charge is 2.17. The summed E-state index contributed by atoms with van der Waals surface area (Å²) in [6.07, 6.45) is 0.367. The maximum atomic E-state index is 12.1. The van der Waals surface area contributed by atoms with Crippen LogP contribution in [0, 0.1) is 0 Å². The summed E-state index contributed by atoms with van der Waals surface area (Å²) < 4.78 is 0. The summed E-state index contributed by atoms with van der Waals surface area (Å²) in [5.74, 6) is -0.179. The third kappa shape index (κ3) is 5.92. The minimum Gasteiger partial charge on any atom is -0.384 e. The van der Waals surface area contributed by atoms with Crippen LogP contribution in [0.3, 0.4) is 0 Å². The van der Waals surface area contributed by atoms with E-state index in [0.717, 1.165) is 5.69 Å². The molecule has 0 aliphatic carbocycles. The standard InChI is InChI=1S/C21H27N3O2/c1-15(25)23-16-9-11-17(12-10-16)24-20(26)13-14-22-19-8-6-5-7-18(19)21(2,3)4/h5-12,22H,13-14H2,1-4H3,(H,23,25)(H,24,26). The fraction of sp³-hybridized carbons (Fsp3) is 0.333. The minimum atomic E-state index is -0.122. The lowest BCUT2D eigenvalue weighted by Crippen LogP contribution is -2.19. The van der Waals surface area contributed by atoms with Crippen LogP contribution < -0.4 is 16.0 Å². The molecule has 0 aliphatic rings. The summed E-state index contributed by atoms with van der Waals surface area (Å²) in [5, 5.41) is 8.91. The molecule has 138 valence electrons. The molecule has 2 rings (SSSR count). The molecule has 0 saturated carbocycles. The number of hydrogen-bond donors (Lipinski definition) is 3. The summed E-state index contributed by atoms with van der Waals surface area (Å²) >= 11 is 0. The van der Waals surface area contributed by atoms with E-state index in [2.05, 4.69) is 42.8 Å². The Morgan fingerprint density at radius 1 is 0.885 bits per heavy atom. The van der Waals surface area contributed by atoms with Crippen molar-refractivity contribution in [2.75, 3.05) is 22.5 Å². The number of nitrogens with one attached hydrogen (secondary N) is 3. The molecule has 0 spiro atoms. The number of benzene rings is 2. The number of rotatable bonds is 6. The molecule has 0 fully saturated rings. The van der Waals surface area contributed by atoms with Crippen molar-refractivity contribution in [2.24, 2.45) is 0 Å². The van der Waals surface area contributed by atoms with Gasteiger partial charge in [-0.25, -0.2) is 0 Å². The Morgan fingerprint density at radius 2 is 1.46 bits per heavy atom. The molecule has 5 heteroatoms. The van der Waals surface area contributed by atoms with Crippen LogP contribution in [0.2, 0.25) is 0 Å². The average Bonchev–Trinajstić information content (AvgIpc) is 2.56. The van der Waals surface area contributed by atoms with Crippen molar-refractivity contribution in [3.63, 3.8) is 0 Å². The molecule has 5 nitrogen and oxygen atoms in total. The normalized spacial score (nSPS) is 10.9. The maximum Gasteiger partial charge on any atom is 0.226 e. The second-order valence-electron chi connectivity index (χ2n) is 7.28. The molecule has 2 aromatic carbocycles. The SMILES string of the molecule is CC(=O)Nc1ccc(NC(=O)CCNc2ccccc2C(C)(C)C)cc1. The highest BCUT2D eigenvalue weighted by molar-refractivity contribution is 5.92. The Hall–Kier alpha value is -2.82. The summed E-state index contributed by atoms with van der Waals surface area (Å²) in [5.41, 5.74) is 3.75. The van der Waals surface area contributed by atoms with E-state index in [1.54, 1.807) is 24.3 Å². The molecule has 0 aromatic heterocycles. The number of anilines is 3. The molecular weight excluding hydrogens is 326 g/mol. The topological polar surface area (TPSA) is 70.2 Å². The van der Waals surface area contributed by atoms with Gasteiger partial charge in [-0.2, -0.15) is 0 Å². The Bertz CT molecular complexity index is 762. The van der Waals surface area contributed by atoms with E-state index in [1.165, 1.54) is 12.5 Å². The van der Waals surface area contributed by atoms with Gasteiger partial charge in [0.05, 0.1) is 0 Å². The minimum absolute atomic E-state index is 0.0432. The lowest BCUT2D eigenvalue weighted by molar-refractivity contribution is -0.116. The molecule has 0 bridgehead atoms. The van der Waals surface area contributed by atoms with E-state index in [4.69, 9.17) is 0 Å². The van der Waals surface area contributed by atoms with Crippen LogP contribution in [-0.2, 0) is 15.0 Å². The van der Waals surface area contributed by atoms with Gasteiger partial charge < -0.3 is 16.0 Å². The Labute approximate surface area is 155 Å². The maximum absolute atomic E-state index is 12.1. The Balaban J connectivity index is 1.85. The van der Waals surface area contributed by atoms with Crippen molar-refractivity contribution in [1.29, 1.82) is 0 Å². The van der Waals surface area contributed by atoms with Gasteiger partial charge in [0.2, 0.25) is 11.8 Å². The summed E-state index contributed by atoms with van der Waals surface area (Å²) in [6.45, 7) is 8.53. The number of carbonyl (C=O) groups is 2. The molecule has 0 saturated heterocycles. The van der Waals surface area contributed by atoms with Gasteiger partial charge in [0.1, 0.15) is 0 Å². The smallest absolute Gasteiger partial charge is 0.226 e. The molecule has 26 heavy (non-hydrogen) atoms. The van der Waals surface area contributed by atoms with Gasteiger partial charge >= 0.3 is 0 Å². The first-order valence-corrected chi connectivity index (χ1v) is 8.76. The van der Waals surface area contributed by atoms with E-state index in [0.29, 0.717) is 24.3 Å². The van der Waals surface area contributed by atoms with Gasteiger partial charge in [-0.1, -0.05) is 39.0 Å². The lowest BCUT2D eigenvalue weighted by atomic mass is 9.86. The van der Waals surface area contributed by atoms with E-state index in [1.807, 2.05) is 18.2 Å². The van der Waals surface area contributed by atoms with Crippen LogP contribution in [0.1, 0.15) is 39.7 Å². The zero-order valence-electron chi connectivity index (χ0n) is 15.8. The number of amides is 2. The van der Waals surface area contributed by atoms with E-state index < -0.39 is 0 Å². The second-order valence-corrected chi connectivity index (χ2v) is 7.28. The van der Waals surface area contributed by atoms with Gasteiger partial charge in [-0.05, 0) is 41.3 Å². The monoisotopic (exact) mass is 353 g/mol. The van der Waals surface area contributed by atoms with E-state index in [9.17, 15) is 9.59 Å². The molecule has 3 N–H and O–H groups in total. The summed E-state index contributed by atoms with van der Waals surface area (Å²) in [6, 6.07) is 15.2. The third-order valence-corrected chi connectivity index (χ3v) is 3.89. The van der Waals surface area contributed by atoms with Crippen molar-refractivity contribution in [3.8, 4) is 0 Å². The summed E-state index contributed by atoms with van der Waals surface area (Å²) in [4.78, 5) is 23.1. The predicted octanol–water partition coefficient (Wildman–Crippen LogP) is 4.38. The van der Waals surface area contributed by atoms with Crippen molar-refractivity contribution in [1.82, 2.24) is 0 Å². The van der Waals surface area contributed by atoms with Crippen LogP contribution in [0.4, 0.5) is 17.1 Å². The predicted molar refractivity (Wildman–Crippen MR) is 108 cm³/mol. The lowest BCUT2D eigenvalue weighted by Gasteiger charge is -2.23. The first kappa shape index (κ1) is 19.5. The summed E-state index contributed by atoms with van der Waals surface area (Å²) in [7, 11) is 0. The average molecular weight is 353 g/mol. The van der Waals surface area contributed by atoms with Crippen LogP contribution in [0.5, 0.6) is 0 Å². The van der Waals surface area contributed by atoms with Crippen molar-refractivity contribution >= 4 is 28.9 Å². The van der Waals surface area contributed by atoms with Crippen LogP contribution in [-0.4, -0.2) is 18.4 Å². The second kappa shape index (κ2) is 8.52. The zero-order chi connectivity index (χ0) is 19.2. The number of hydrogen-bond acceptors (Lipinski definition) is 3. The molecule has 0 atom stereocenters. The molecule has 0 radical (unpaired) electrons. The largest absolute Gasteiger partial charge is 0.384 e. The van der Waals surface area contributed by atoms with Crippen LogP contribution in [0.25, 0.3) is 0 Å². The van der Waals surface area contributed by atoms with Crippen LogP contribution >= 0.6 is 0 Å². The number of carbonyl (C=O) groups excluding carboxylic acids is 2. The quantitative estimate of drug-likeness (QED) is 0.721. The van der Waals surface area contributed by atoms with Gasteiger partial charge in [0, 0.05) is 37.0 Å². The first-order valence-electron chi connectivity index (χ1n) is 8.76. The van der Waals surface area contributed by atoms with Crippen molar-refractivity contribution in [2.45, 2.75) is 39.5 Å². The van der Waals surface area contributed by atoms with Gasteiger partial charge in [0.25, 0.3) is 0 Å². The molecule has 2 aromatic rings. The van der Waals surface area contributed by atoms with Gasteiger partial charge in [-0.3, -0.25) is 9.59 Å². The highest BCUT2D eigenvalue weighted by Crippen LogP contribution is 2.29. The van der Waals surface area contributed by atoms with Crippen molar-refractivity contribution < 1.29 is 9.59 Å². The van der Waals surface area contributed by atoms with Crippen LogP contribution in [0.15, 0.2) is 48.5 Å². The number of para-hydroxylation sites is 1.